The summed E-state index contributed by atoms with van der Waals surface area (Å²) in [4.78, 5) is 19.8. The van der Waals surface area contributed by atoms with Crippen LogP contribution < -0.4 is 0 Å². The van der Waals surface area contributed by atoms with Crippen LogP contribution in [0.15, 0.2) is 0 Å². The molecule has 12 N–H and O–H groups in total. The van der Waals surface area contributed by atoms with E-state index in [0.29, 0.717) is 0 Å². The molecule has 0 aromatic rings. The standard InChI is InChI=1S/2C4H8O4.Ge/c2*5-2-3(6)1-4(7)8;/h2*3,5-6H,1-2H2,(H,7,8);/p+6. The van der Waals surface area contributed by atoms with Crippen LogP contribution in [0.25, 0.3) is 0 Å². The summed E-state index contributed by atoms with van der Waals surface area (Å²) in [6.07, 6.45) is -1.60. The van der Waals surface area contributed by atoms with E-state index in [9.17, 15) is 9.59 Å². The minimum atomic E-state index is -0.753. The van der Waals surface area contributed by atoms with Crippen molar-refractivity contribution in [2.24, 2.45) is 0 Å². The van der Waals surface area contributed by atoms with Gasteiger partial charge in [-0.15, -0.1) is 0 Å². The molecule has 2 atom stereocenters. The fraction of sp³-hybridized carbons (Fsp3) is 0.750. The Morgan fingerprint density at radius 3 is 1.12 bits per heavy atom. The number of hydrogen-bond donors (Lipinski definition) is 0. The minimum Gasteiger partial charge on any atom is -0.564 e. The molecule has 100 valence electrons. The third-order valence-corrected chi connectivity index (χ3v) is 1.36. The average molecular weight is 319 g/mol. The summed E-state index contributed by atoms with van der Waals surface area (Å²) in [5.74, 6) is -1.51. The van der Waals surface area contributed by atoms with Crippen molar-refractivity contribution in [3.63, 3.8) is 0 Å². The number of carbonyl (C=O) groups is 2. The zero-order chi connectivity index (χ0) is 13.1. The van der Waals surface area contributed by atoms with Crippen molar-refractivity contribution in [1.82, 2.24) is 0 Å². The van der Waals surface area contributed by atoms with E-state index in [4.69, 9.17) is 30.6 Å². The summed E-state index contributed by atoms with van der Waals surface area (Å²) in [5, 5.41) is 39.5. The molecule has 2 unspecified atom stereocenters. The van der Waals surface area contributed by atoms with E-state index in [1.807, 2.05) is 0 Å². The quantitative estimate of drug-likeness (QED) is 0.351. The molecule has 0 aromatic heterocycles. The van der Waals surface area contributed by atoms with Crippen LogP contribution in [0.4, 0.5) is 0 Å². The zero-order valence-electron chi connectivity index (χ0n) is 9.30. The van der Waals surface area contributed by atoms with Crippen molar-refractivity contribution < 1.29 is 40.2 Å². The topological polar surface area (TPSA) is 172 Å². The van der Waals surface area contributed by atoms with E-state index in [0.717, 1.165) is 0 Å². The predicted octanol–water partition coefficient (Wildman–Crippen LogP) is -5.49. The third-order valence-electron chi connectivity index (χ3n) is 1.36. The van der Waals surface area contributed by atoms with Crippen LogP contribution >= 0.6 is 0 Å². The maximum atomic E-state index is 9.88. The number of hydrogen-bond acceptors (Lipinski definition) is 2. The van der Waals surface area contributed by atoms with Crippen LogP contribution in [0.3, 0.4) is 0 Å². The summed E-state index contributed by atoms with van der Waals surface area (Å²) >= 11 is 0. The van der Waals surface area contributed by atoms with Gasteiger partial charge in [-0.05, 0) is 0 Å². The Labute approximate surface area is 108 Å². The Morgan fingerprint density at radius 1 is 0.824 bits per heavy atom. The molecule has 0 aliphatic carbocycles. The van der Waals surface area contributed by atoms with E-state index in [2.05, 4.69) is 0 Å². The van der Waals surface area contributed by atoms with Crippen molar-refractivity contribution in [2.45, 2.75) is 25.0 Å². The first-order valence-electron chi connectivity index (χ1n) is 4.53. The SMILES string of the molecule is O=C([OH2+])CC([OH2+])C[OH2+].O=C([OH2+])CC([OH2+])C[OH2+].[Ge]. The van der Waals surface area contributed by atoms with E-state index >= 15 is 0 Å². The van der Waals surface area contributed by atoms with Crippen molar-refractivity contribution in [2.75, 3.05) is 13.2 Å². The van der Waals surface area contributed by atoms with Crippen LogP contribution in [0.1, 0.15) is 12.8 Å². The van der Waals surface area contributed by atoms with Gasteiger partial charge >= 0.3 is 11.9 Å². The zero-order valence-corrected chi connectivity index (χ0v) is 11.4. The predicted molar refractivity (Wildman–Crippen MR) is 64.0 cm³/mol. The second kappa shape index (κ2) is 13.4. The fourth-order valence-electron chi connectivity index (χ4n) is 0.592. The third kappa shape index (κ3) is 21.2. The number of carbonyl (C=O) groups excluding carboxylic acids is 2. The van der Waals surface area contributed by atoms with Gasteiger partial charge in [0.1, 0.15) is 0 Å². The van der Waals surface area contributed by atoms with Crippen LogP contribution in [0, 0.1) is 0 Å². The second-order valence-electron chi connectivity index (χ2n) is 3.06. The molecule has 0 fully saturated rings. The number of rotatable bonds is 6. The van der Waals surface area contributed by atoms with Crippen LogP contribution in [0.5, 0.6) is 0 Å². The molecule has 0 saturated heterocycles. The van der Waals surface area contributed by atoms with Crippen molar-refractivity contribution in [3.8, 4) is 0 Å². The molecule has 8 nitrogen and oxygen atoms in total. The second-order valence-corrected chi connectivity index (χ2v) is 3.06. The van der Waals surface area contributed by atoms with E-state index in [1.165, 1.54) is 0 Å². The molecule has 0 aliphatic rings. The van der Waals surface area contributed by atoms with Crippen LogP contribution in [0.2, 0.25) is 0 Å². The Bertz CT molecular complexity index is 188. The van der Waals surface area contributed by atoms with E-state index in [1.54, 1.807) is 0 Å². The van der Waals surface area contributed by atoms with Crippen molar-refractivity contribution >= 4 is 29.5 Å². The summed E-state index contributed by atoms with van der Waals surface area (Å²) < 4.78 is 0. The van der Waals surface area contributed by atoms with Gasteiger partial charge in [-0.1, -0.05) is 0 Å². The smallest absolute Gasteiger partial charge is 0.524 e. The summed E-state index contributed by atoms with van der Waals surface area (Å²) in [5.41, 5.74) is 0. The Balaban J connectivity index is -0.000000218. The molecule has 0 saturated carbocycles. The van der Waals surface area contributed by atoms with E-state index in [-0.39, 0.29) is 43.7 Å². The van der Waals surface area contributed by atoms with Crippen molar-refractivity contribution in [3.05, 3.63) is 0 Å². The van der Waals surface area contributed by atoms with Gasteiger partial charge in [0, 0.05) is 27.2 Å². The molecule has 0 heterocycles. The molecule has 9 heteroatoms. The van der Waals surface area contributed by atoms with E-state index < -0.39 is 24.1 Å². The summed E-state index contributed by atoms with van der Waals surface area (Å²) in [7, 11) is 0. The van der Waals surface area contributed by atoms with Gasteiger partial charge in [0.2, 0.25) is 25.4 Å². The molecule has 4 radical (unpaired) electrons. The van der Waals surface area contributed by atoms with Gasteiger partial charge in [0.05, 0.1) is 0 Å². The molecule has 0 rings (SSSR count). The van der Waals surface area contributed by atoms with Crippen LogP contribution in [-0.4, -0.2) is 85.6 Å². The minimum absolute atomic E-state index is 0. The average Bonchev–Trinajstić information content (AvgIpc) is 2.16. The molecule has 0 aromatic carbocycles. The normalized spacial score (nSPS) is 12.5. The fourth-order valence-corrected chi connectivity index (χ4v) is 0.592. The molecule has 17 heavy (non-hydrogen) atoms. The Morgan fingerprint density at radius 2 is 1.06 bits per heavy atom. The van der Waals surface area contributed by atoms with Gasteiger partial charge in [-0.2, -0.15) is 0 Å². The maximum absolute atomic E-state index is 9.88. The van der Waals surface area contributed by atoms with Crippen molar-refractivity contribution in [1.29, 1.82) is 0 Å². The van der Waals surface area contributed by atoms with Gasteiger partial charge < -0.3 is 30.6 Å². The Hall–Kier alpha value is -0.677. The van der Waals surface area contributed by atoms with Gasteiger partial charge in [-0.25, -0.2) is 0 Å². The van der Waals surface area contributed by atoms with Gasteiger partial charge in [-0.3, -0.25) is 0 Å². The maximum Gasteiger partial charge on any atom is 0.524 e. The first kappa shape index (κ1) is 21.6. The Kier molecular flexibility index (Phi) is 17.0. The van der Waals surface area contributed by atoms with Gasteiger partial charge in [0.25, 0.3) is 0 Å². The molecular formula is C8H22GeO8+6. The first-order chi connectivity index (χ1) is 7.33. The molecule has 0 aliphatic heterocycles. The molecule has 0 amide bonds. The molecular weight excluding hydrogens is 297 g/mol. The molecule has 0 spiro atoms. The van der Waals surface area contributed by atoms with Gasteiger partial charge in [0.15, 0.2) is 12.8 Å². The van der Waals surface area contributed by atoms with Crippen LogP contribution in [-0.2, 0) is 9.59 Å². The first-order valence-corrected chi connectivity index (χ1v) is 4.53. The monoisotopic (exact) mass is 320 g/mol. The molecule has 0 bridgehead atoms. The summed E-state index contributed by atoms with van der Waals surface area (Å²) in [6, 6.07) is 0. The summed E-state index contributed by atoms with van der Waals surface area (Å²) in [6.45, 7) is -0.185. The largest absolute Gasteiger partial charge is 0.564 e.